The number of aromatic nitrogens is 1. The number of amides is 2. The monoisotopic (exact) mass is 291 g/mol. The van der Waals surface area contributed by atoms with E-state index >= 15 is 0 Å². The molecule has 5 nitrogen and oxygen atoms in total. The van der Waals surface area contributed by atoms with Gasteiger partial charge in [-0.2, -0.15) is 0 Å². The molecule has 5 heteroatoms. The molecule has 0 aromatic carbocycles. The molecule has 1 rings (SSSR count). The van der Waals surface area contributed by atoms with Gasteiger partial charge in [-0.25, -0.2) is 0 Å². The summed E-state index contributed by atoms with van der Waals surface area (Å²) < 4.78 is 0. The van der Waals surface area contributed by atoms with Crippen LogP contribution in [0.4, 0.5) is 0 Å². The van der Waals surface area contributed by atoms with Gasteiger partial charge < -0.3 is 10.6 Å². The van der Waals surface area contributed by atoms with E-state index in [4.69, 9.17) is 0 Å². The van der Waals surface area contributed by atoms with Gasteiger partial charge in [-0.1, -0.05) is 33.3 Å². The number of carbonyl (C=O) groups is 2. The van der Waals surface area contributed by atoms with E-state index in [0.29, 0.717) is 13.0 Å². The Kier molecular flexibility index (Phi) is 7.43. The lowest BCUT2D eigenvalue weighted by atomic mass is 10.0. The van der Waals surface area contributed by atoms with E-state index in [1.165, 1.54) is 0 Å². The van der Waals surface area contributed by atoms with Gasteiger partial charge in [-0.3, -0.25) is 14.6 Å². The molecule has 0 aliphatic rings. The number of nitrogens with zero attached hydrogens (tertiary/aromatic N) is 1. The number of rotatable bonds is 8. The summed E-state index contributed by atoms with van der Waals surface area (Å²) in [6, 6.07) is 3.23. The van der Waals surface area contributed by atoms with E-state index in [1.807, 2.05) is 32.9 Å². The maximum absolute atomic E-state index is 12.2. The molecule has 1 aromatic heterocycles. The predicted octanol–water partition coefficient (Wildman–Crippen LogP) is 2.03. The number of hydrogen-bond donors (Lipinski definition) is 2. The number of hydrogen-bond acceptors (Lipinski definition) is 3. The van der Waals surface area contributed by atoms with Crippen LogP contribution in [-0.4, -0.2) is 22.8 Å². The van der Waals surface area contributed by atoms with E-state index in [9.17, 15) is 9.59 Å². The first-order valence-electron chi connectivity index (χ1n) is 7.50. The van der Waals surface area contributed by atoms with Crippen molar-refractivity contribution < 1.29 is 9.59 Å². The lowest BCUT2D eigenvalue weighted by Gasteiger charge is -2.21. The molecule has 1 aromatic rings. The summed E-state index contributed by atoms with van der Waals surface area (Å²) in [5.74, 6) is -0.171. The number of carbonyl (C=O) groups excluding carboxylic acids is 2. The molecule has 0 saturated heterocycles. The van der Waals surface area contributed by atoms with Crippen molar-refractivity contribution in [3.63, 3.8) is 0 Å². The smallest absolute Gasteiger partial charge is 0.243 e. The normalized spacial score (nSPS) is 12.0. The maximum Gasteiger partial charge on any atom is 0.243 e. The minimum absolute atomic E-state index is 0.0458. The Morgan fingerprint density at radius 2 is 2.10 bits per heavy atom. The van der Waals surface area contributed by atoms with Crippen molar-refractivity contribution in [1.29, 1.82) is 0 Å². The van der Waals surface area contributed by atoms with Crippen LogP contribution >= 0.6 is 0 Å². The summed E-state index contributed by atoms with van der Waals surface area (Å²) in [5, 5.41) is 5.67. The highest BCUT2D eigenvalue weighted by Crippen LogP contribution is 2.04. The minimum Gasteiger partial charge on any atom is -0.350 e. The van der Waals surface area contributed by atoms with E-state index in [2.05, 4.69) is 15.6 Å². The fourth-order valence-corrected chi connectivity index (χ4v) is 1.92. The average Bonchev–Trinajstić information content (AvgIpc) is 2.49. The van der Waals surface area contributed by atoms with Crippen molar-refractivity contribution >= 4 is 11.8 Å². The Morgan fingerprint density at radius 3 is 2.67 bits per heavy atom. The molecule has 21 heavy (non-hydrogen) atoms. The van der Waals surface area contributed by atoms with Gasteiger partial charge in [0, 0.05) is 25.4 Å². The molecule has 116 valence electrons. The van der Waals surface area contributed by atoms with Crippen LogP contribution in [0.2, 0.25) is 0 Å². The van der Waals surface area contributed by atoms with Crippen LogP contribution in [-0.2, 0) is 16.1 Å². The van der Waals surface area contributed by atoms with Crippen LogP contribution in [0.3, 0.4) is 0 Å². The number of nitrogens with one attached hydrogen (secondary N) is 2. The Morgan fingerprint density at radius 1 is 1.33 bits per heavy atom. The third-order valence-corrected chi connectivity index (χ3v) is 3.21. The standard InChI is InChI=1S/C16H25N3O2/c1-4-5-8-14(20)19-15(12(2)3)16(21)18-11-13-7-6-9-17-10-13/h6-7,9-10,12,15H,4-5,8,11H2,1-3H3,(H,18,21)(H,19,20)/t15-/m0/s1. The SMILES string of the molecule is CCCCC(=O)N[C@H](C(=O)NCc1cccnc1)C(C)C. The third-order valence-electron chi connectivity index (χ3n) is 3.21. The van der Waals surface area contributed by atoms with Gasteiger partial charge in [0.15, 0.2) is 0 Å². The molecule has 1 heterocycles. The van der Waals surface area contributed by atoms with Gasteiger partial charge in [0.1, 0.15) is 6.04 Å². The second-order valence-corrected chi connectivity index (χ2v) is 5.47. The van der Waals surface area contributed by atoms with E-state index in [-0.39, 0.29) is 17.7 Å². The lowest BCUT2D eigenvalue weighted by Crippen LogP contribution is -2.49. The number of unbranched alkanes of at least 4 members (excludes halogenated alkanes) is 1. The van der Waals surface area contributed by atoms with Crippen molar-refractivity contribution in [2.24, 2.45) is 5.92 Å². The van der Waals surface area contributed by atoms with Crippen LogP contribution in [0.25, 0.3) is 0 Å². The van der Waals surface area contributed by atoms with Crippen molar-refractivity contribution in [2.75, 3.05) is 0 Å². The zero-order valence-corrected chi connectivity index (χ0v) is 13.1. The molecule has 0 radical (unpaired) electrons. The largest absolute Gasteiger partial charge is 0.350 e. The topological polar surface area (TPSA) is 71.1 Å². The Labute approximate surface area is 126 Å². The molecule has 0 unspecified atom stereocenters. The Bertz CT molecular complexity index is 446. The molecule has 0 aliphatic carbocycles. The van der Waals surface area contributed by atoms with Crippen molar-refractivity contribution in [3.8, 4) is 0 Å². The second-order valence-electron chi connectivity index (χ2n) is 5.47. The van der Waals surface area contributed by atoms with Crippen LogP contribution in [0, 0.1) is 5.92 Å². The van der Waals surface area contributed by atoms with Crippen LogP contribution in [0.15, 0.2) is 24.5 Å². The molecule has 2 amide bonds. The quantitative estimate of drug-likeness (QED) is 0.770. The summed E-state index contributed by atoms with van der Waals surface area (Å²) in [7, 11) is 0. The lowest BCUT2D eigenvalue weighted by molar-refractivity contribution is -0.130. The first-order valence-corrected chi connectivity index (χ1v) is 7.50. The third kappa shape index (κ3) is 6.38. The van der Waals surface area contributed by atoms with E-state index < -0.39 is 6.04 Å². The Hall–Kier alpha value is -1.91. The van der Waals surface area contributed by atoms with Crippen LogP contribution in [0.1, 0.15) is 45.6 Å². The fourth-order valence-electron chi connectivity index (χ4n) is 1.92. The first kappa shape index (κ1) is 17.1. The predicted molar refractivity (Wildman–Crippen MR) is 82.4 cm³/mol. The summed E-state index contributed by atoms with van der Waals surface area (Å²) in [4.78, 5) is 28.0. The summed E-state index contributed by atoms with van der Waals surface area (Å²) in [6.45, 7) is 6.30. The zero-order valence-electron chi connectivity index (χ0n) is 13.1. The highest BCUT2D eigenvalue weighted by Gasteiger charge is 2.23. The molecule has 0 spiro atoms. The van der Waals surface area contributed by atoms with Gasteiger partial charge in [0.2, 0.25) is 11.8 Å². The highest BCUT2D eigenvalue weighted by molar-refractivity contribution is 5.87. The summed E-state index contributed by atoms with van der Waals surface area (Å²) in [5.41, 5.74) is 0.936. The summed E-state index contributed by atoms with van der Waals surface area (Å²) in [6.07, 6.45) is 5.68. The maximum atomic E-state index is 12.2. The molecule has 1 atom stereocenters. The van der Waals surface area contributed by atoms with Gasteiger partial charge in [-0.05, 0) is 24.0 Å². The second kappa shape index (κ2) is 9.10. The number of pyridine rings is 1. The van der Waals surface area contributed by atoms with Gasteiger partial charge in [-0.15, -0.1) is 0 Å². The van der Waals surface area contributed by atoms with Gasteiger partial charge in [0.25, 0.3) is 0 Å². The first-order chi connectivity index (χ1) is 10.0. The molecule has 0 bridgehead atoms. The highest BCUT2D eigenvalue weighted by atomic mass is 16.2. The van der Waals surface area contributed by atoms with E-state index in [0.717, 1.165) is 18.4 Å². The fraction of sp³-hybridized carbons (Fsp3) is 0.562. The zero-order chi connectivity index (χ0) is 15.7. The molecule has 2 N–H and O–H groups in total. The molecule has 0 fully saturated rings. The van der Waals surface area contributed by atoms with Crippen LogP contribution in [0.5, 0.6) is 0 Å². The van der Waals surface area contributed by atoms with Gasteiger partial charge in [0.05, 0.1) is 0 Å². The average molecular weight is 291 g/mol. The molecular formula is C16H25N3O2. The Balaban J connectivity index is 2.51. The van der Waals surface area contributed by atoms with Crippen molar-refractivity contribution in [1.82, 2.24) is 15.6 Å². The molecule has 0 saturated carbocycles. The van der Waals surface area contributed by atoms with Crippen molar-refractivity contribution in [2.45, 2.75) is 52.6 Å². The van der Waals surface area contributed by atoms with Crippen molar-refractivity contribution in [3.05, 3.63) is 30.1 Å². The van der Waals surface area contributed by atoms with Crippen LogP contribution < -0.4 is 10.6 Å². The molecular weight excluding hydrogens is 266 g/mol. The minimum atomic E-state index is -0.494. The molecule has 0 aliphatic heterocycles. The van der Waals surface area contributed by atoms with E-state index in [1.54, 1.807) is 12.4 Å². The summed E-state index contributed by atoms with van der Waals surface area (Å²) >= 11 is 0. The van der Waals surface area contributed by atoms with Gasteiger partial charge >= 0.3 is 0 Å².